The normalized spacial score (nSPS) is 17.6. The molecule has 0 bridgehead atoms. The summed E-state index contributed by atoms with van der Waals surface area (Å²) in [5.41, 5.74) is 2.01. The van der Waals surface area contributed by atoms with E-state index in [1.165, 1.54) is 24.8 Å². The molecule has 1 aromatic carbocycles. The Kier molecular flexibility index (Phi) is 3.91. The number of nitrogens with one attached hydrogen (secondary N) is 1. The van der Waals surface area contributed by atoms with Gasteiger partial charge in [-0.15, -0.1) is 0 Å². The lowest BCUT2D eigenvalue weighted by Crippen LogP contribution is -2.34. The Morgan fingerprint density at radius 1 is 1.14 bits per heavy atom. The zero-order valence-electron chi connectivity index (χ0n) is 12.6. The predicted molar refractivity (Wildman–Crippen MR) is 84.5 cm³/mol. The number of hydrogen-bond acceptors (Lipinski definition) is 2. The van der Waals surface area contributed by atoms with E-state index in [4.69, 9.17) is 4.98 Å². The summed E-state index contributed by atoms with van der Waals surface area (Å²) in [6.45, 7) is 2.04. The van der Waals surface area contributed by atoms with Crippen molar-refractivity contribution in [2.45, 2.75) is 50.9 Å². The maximum absolute atomic E-state index is 12.0. The first-order valence-electron chi connectivity index (χ1n) is 7.91. The highest BCUT2D eigenvalue weighted by Gasteiger charge is 2.38. The van der Waals surface area contributed by atoms with E-state index in [1.54, 1.807) is 6.07 Å². The van der Waals surface area contributed by atoms with Gasteiger partial charge in [-0.1, -0.05) is 56.5 Å². The van der Waals surface area contributed by atoms with E-state index in [2.05, 4.69) is 29.2 Å². The summed E-state index contributed by atoms with van der Waals surface area (Å²) in [7, 11) is 0. The number of rotatable bonds is 3. The molecule has 1 fully saturated rings. The smallest absolute Gasteiger partial charge is 0.251 e. The molecular formula is C18H22N2O. The molecule has 2 aromatic rings. The van der Waals surface area contributed by atoms with Crippen molar-refractivity contribution in [3.63, 3.8) is 0 Å². The van der Waals surface area contributed by atoms with Crippen LogP contribution in [0.4, 0.5) is 0 Å². The van der Waals surface area contributed by atoms with Crippen LogP contribution in [0.25, 0.3) is 0 Å². The third kappa shape index (κ3) is 2.65. The summed E-state index contributed by atoms with van der Waals surface area (Å²) < 4.78 is 0. The number of aromatic amines is 1. The molecule has 1 heterocycles. The molecule has 0 spiro atoms. The highest BCUT2D eigenvalue weighted by atomic mass is 16.1. The quantitative estimate of drug-likeness (QED) is 0.935. The van der Waals surface area contributed by atoms with E-state index < -0.39 is 0 Å². The third-order valence-corrected chi connectivity index (χ3v) is 4.64. The van der Waals surface area contributed by atoms with E-state index in [0.717, 1.165) is 30.8 Å². The maximum atomic E-state index is 12.0. The van der Waals surface area contributed by atoms with Crippen LogP contribution in [0, 0.1) is 0 Å². The van der Waals surface area contributed by atoms with Crippen LogP contribution in [-0.4, -0.2) is 9.97 Å². The van der Waals surface area contributed by atoms with Crippen molar-refractivity contribution in [2.24, 2.45) is 0 Å². The van der Waals surface area contributed by atoms with Gasteiger partial charge < -0.3 is 4.98 Å². The van der Waals surface area contributed by atoms with Crippen molar-refractivity contribution < 1.29 is 0 Å². The van der Waals surface area contributed by atoms with E-state index >= 15 is 0 Å². The van der Waals surface area contributed by atoms with E-state index in [0.29, 0.717) is 0 Å². The molecule has 1 aromatic heterocycles. The average Bonchev–Trinajstić information content (AvgIpc) is 2.55. The molecule has 0 aliphatic heterocycles. The maximum Gasteiger partial charge on any atom is 0.251 e. The standard InChI is InChI=1S/C18H22N2O/c1-2-15-13-16(21)20-17(19-15)18(11-7-4-8-12-18)14-9-5-3-6-10-14/h3,5-6,9-10,13H,2,4,7-8,11-12H2,1H3,(H,19,20,21). The fourth-order valence-electron chi connectivity index (χ4n) is 3.49. The Morgan fingerprint density at radius 3 is 2.52 bits per heavy atom. The van der Waals surface area contributed by atoms with Crippen LogP contribution in [0.2, 0.25) is 0 Å². The number of benzene rings is 1. The molecule has 0 saturated heterocycles. The van der Waals surface area contributed by atoms with Gasteiger partial charge in [0.15, 0.2) is 0 Å². The van der Waals surface area contributed by atoms with Gasteiger partial charge in [-0.05, 0) is 24.8 Å². The highest BCUT2D eigenvalue weighted by Crippen LogP contribution is 2.43. The summed E-state index contributed by atoms with van der Waals surface area (Å²) in [5.74, 6) is 0.859. The Morgan fingerprint density at radius 2 is 1.86 bits per heavy atom. The molecule has 1 N–H and O–H groups in total. The Bertz CT molecular complexity index is 654. The lowest BCUT2D eigenvalue weighted by molar-refractivity contribution is 0.329. The first-order valence-corrected chi connectivity index (χ1v) is 7.91. The zero-order chi connectivity index (χ0) is 14.7. The van der Waals surface area contributed by atoms with Crippen molar-refractivity contribution in [1.82, 2.24) is 9.97 Å². The number of H-pyrrole nitrogens is 1. The van der Waals surface area contributed by atoms with Gasteiger partial charge in [-0.3, -0.25) is 4.79 Å². The molecule has 110 valence electrons. The van der Waals surface area contributed by atoms with Gasteiger partial charge in [0.1, 0.15) is 5.82 Å². The lowest BCUT2D eigenvalue weighted by Gasteiger charge is -2.37. The van der Waals surface area contributed by atoms with E-state index in [1.807, 2.05) is 13.0 Å². The Balaban J connectivity index is 2.16. The predicted octanol–water partition coefficient (Wildman–Crippen LogP) is 3.58. The van der Waals surface area contributed by atoms with Crippen molar-refractivity contribution in [1.29, 1.82) is 0 Å². The number of aromatic nitrogens is 2. The second kappa shape index (κ2) is 5.84. The summed E-state index contributed by atoms with van der Waals surface area (Å²) in [5, 5.41) is 0. The van der Waals surface area contributed by atoms with Crippen molar-refractivity contribution in [2.75, 3.05) is 0 Å². The second-order valence-corrected chi connectivity index (χ2v) is 5.95. The van der Waals surface area contributed by atoms with E-state index in [-0.39, 0.29) is 11.0 Å². The van der Waals surface area contributed by atoms with Crippen LogP contribution in [0.15, 0.2) is 41.2 Å². The van der Waals surface area contributed by atoms with Gasteiger partial charge in [0.25, 0.3) is 5.56 Å². The first kappa shape index (κ1) is 14.1. The van der Waals surface area contributed by atoms with Crippen LogP contribution in [-0.2, 0) is 11.8 Å². The number of hydrogen-bond donors (Lipinski definition) is 1. The molecule has 3 heteroatoms. The minimum Gasteiger partial charge on any atom is -0.310 e. The van der Waals surface area contributed by atoms with Gasteiger partial charge in [0.2, 0.25) is 0 Å². The monoisotopic (exact) mass is 282 g/mol. The molecule has 1 saturated carbocycles. The topological polar surface area (TPSA) is 45.8 Å². The molecular weight excluding hydrogens is 260 g/mol. The molecule has 21 heavy (non-hydrogen) atoms. The minimum atomic E-state index is -0.121. The molecule has 3 rings (SSSR count). The van der Waals surface area contributed by atoms with Crippen molar-refractivity contribution >= 4 is 0 Å². The van der Waals surface area contributed by atoms with Crippen molar-refractivity contribution in [3.8, 4) is 0 Å². The fraction of sp³-hybridized carbons (Fsp3) is 0.444. The van der Waals surface area contributed by atoms with Crippen LogP contribution in [0.1, 0.15) is 56.1 Å². The first-order chi connectivity index (χ1) is 10.2. The molecule has 0 atom stereocenters. The van der Waals surface area contributed by atoms with Crippen molar-refractivity contribution in [3.05, 3.63) is 63.8 Å². The largest absolute Gasteiger partial charge is 0.310 e. The van der Waals surface area contributed by atoms with Gasteiger partial charge in [0.05, 0.1) is 5.41 Å². The highest BCUT2D eigenvalue weighted by molar-refractivity contribution is 5.33. The lowest BCUT2D eigenvalue weighted by atomic mass is 9.68. The van der Waals surface area contributed by atoms with Gasteiger partial charge in [0, 0.05) is 11.8 Å². The second-order valence-electron chi connectivity index (χ2n) is 5.95. The minimum absolute atomic E-state index is 0.0299. The number of nitrogens with zero attached hydrogens (tertiary/aromatic N) is 1. The van der Waals surface area contributed by atoms with Crippen LogP contribution < -0.4 is 5.56 Å². The van der Waals surface area contributed by atoms with Crippen LogP contribution in [0.5, 0.6) is 0 Å². The molecule has 0 unspecified atom stereocenters. The van der Waals surface area contributed by atoms with Gasteiger partial charge >= 0.3 is 0 Å². The van der Waals surface area contributed by atoms with Crippen LogP contribution in [0.3, 0.4) is 0 Å². The Labute approximate surface area is 125 Å². The Hall–Kier alpha value is -1.90. The van der Waals surface area contributed by atoms with Gasteiger partial charge in [-0.2, -0.15) is 0 Å². The van der Waals surface area contributed by atoms with Crippen LogP contribution >= 0.6 is 0 Å². The molecule has 0 amide bonds. The molecule has 0 radical (unpaired) electrons. The fourth-order valence-corrected chi connectivity index (χ4v) is 3.49. The summed E-state index contributed by atoms with van der Waals surface area (Å²) in [6.07, 6.45) is 6.57. The molecule has 3 nitrogen and oxygen atoms in total. The molecule has 1 aliphatic rings. The zero-order valence-corrected chi connectivity index (χ0v) is 12.6. The van der Waals surface area contributed by atoms with E-state index in [9.17, 15) is 4.79 Å². The van der Waals surface area contributed by atoms with Gasteiger partial charge in [-0.25, -0.2) is 4.98 Å². The molecule has 1 aliphatic carbocycles. The third-order valence-electron chi connectivity index (χ3n) is 4.64. The SMILES string of the molecule is CCc1cc(=O)[nH]c(C2(c3ccccc3)CCCCC2)n1. The number of aryl methyl sites for hydroxylation is 1. The summed E-state index contributed by atoms with van der Waals surface area (Å²) in [4.78, 5) is 19.8. The summed E-state index contributed by atoms with van der Waals surface area (Å²) >= 11 is 0. The average molecular weight is 282 g/mol. The summed E-state index contributed by atoms with van der Waals surface area (Å²) in [6, 6.07) is 12.2.